The molecule has 0 aliphatic carbocycles. The van der Waals surface area contributed by atoms with Crippen LogP contribution < -0.4 is 15.5 Å². The highest BCUT2D eigenvalue weighted by Crippen LogP contribution is 2.34. The highest BCUT2D eigenvalue weighted by Gasteiger charge is 2.36. The number of halogens is 6. The summed E-state index contributed by atoms with van der Waals surface area (Å²) in [4.78, 5) is 39.0. The van der Waals surface area contributed by atoms with Crippen LogP contribution in [0.4, 0.5) is 38.0 Å². The number of anilines is 2. The predicted octanol–water partition coefficient (Wildman–Crippen LogP) is 3.62. The van der Waals surface area contributed by atoms with E-state index in [9.17, 15) is 35.9 Å². The number of alkyl halides is 6. The highest BCUT2D eigenvalue weighted by atomic mass is 19.4. The van der Waals surface area contributed by atoms with Gasteiger partial charge in [0, 0.05) is 64.8 Å². The van der Waals surface area contributed by atoms with Gasteiger partial charge in [-0.2, -0.15) is 26.3 Å². The summed E-state index contributed by atoms with van der Waals surface area (Å²) in [5.74, 6) is -0.573. The average molecular weight is 662 g/mol. The molecule has 0 saturated carbocycles. The van der Waals surface area contributed by atoms with Crippen molar-refractivity contribution in [2.45, 2.75) is 51.6 Å². The lowest BCUT2D eigenvalue weighted by molar-refractivity contribution is -0.154. The van der Waals surface area contributed by atoms with E-state index >= 15 is 0 Å². The zero-order valence-corrected chi connectivity index (χ0v) is 26.6. The molecule has 0 atom stereocenters. The Balaban J connectivity index is 0.000000254. The Kier molecular flexibility index (Phi) is 11.9. The molecule has 2 N–H and O–H groups in total. The van der Waals surface area contributed by atoms with Crippen LogP contribution in [0.3, 0.4) is 0 Å². The molecule has 4 heterocycles. The van der Waals surface area contributed by atoms with Crippen LogP contribution in [-0.2, 0) is 39.5 Å². The lowest BCUT2D eigenvalue weighted by atomic mass is 10.1. The van der Waals surface area contributed by atoms with Gasteiger partial charge in [-0.05, 0) is 58.1 Å². The minimum absolute atomic E-state index is 0.106. The van der Waals surface area contributed by atoms with Crippen LogP contribution in [0.2, 0.25) is 0 Å². The van der Waals surface area contributed by atoms with E-state index in [-0.39, 0.29) is 11.1 Å². The van der Waals surface area contributed by atoms with Crippen molar-refractivity contribution >= 4 is 23.5 Å². The molecule has 0 radical (unpaired) electrons. The van der Waals surface area contributed by atoms with Gasteiger partial charge >= 0.3 is 18.3 Å². The first kappa shape index (κ1) is 36.8. The van der Waals surface area contributed by atoms with E-state index < -0.39 is 53.8 Å². The van der Waals surface area contributed by atoms with Gasteiger partial charge in [-0.1, -0.05) is 0 Å². The molecule has 0 spiro atoms. The normalized spacial score (nSPS) is 16.9. The van der Waals surface area contributed by atoms with Crippen LogP contribution >= 0.6 is 0 Å². The van der Waals surface area contributed by atoms with Crippen molar-refractivity contribution in [1.82, 2.24) is 19.8 Å². The number of hydrogen-bond donors (Lipinski definition) is 1. The number of esters is 1. The molecule has 0 bridgehead atoms. The Bertz CT molecular complexity index is 1350. The number of piperazine rings is 2. The van der Waals surface area contributed by atoms with Crippen molar-refractivity contribution in [3.05, 3.63) is 46.8 Å². The molecule has 1 amide bonds. The van der Waals surface area contributed by atoms with E-state index in [4.69, 9.17) is 10.5 Å². The van der Waals surface area contributed by atoms with E-state index in [1.165, 1.54) is 12.1 Å². The Morgan fingerprint density at radius 3 is 1.41 bits per heavy atom. The minimum Gasteiger partial charge on any atom is -0.460 e. The Labute approximate surface area is 264 Å². The standard InChI is InChI=1S/C17H24F3N3O2.C13H17F3N4O/c1-16(2,3)25-15(24)10-12-9-14(21-11-13(12)17(18,19)20)23-7-5-22(4)6-8-23;1-19-2-4-20(5-3-19)12-7-9(6-11(17)21)10(8-18-12)13(14,15)16/h9,11H,5-8,10H2,1-4H3;7-8H,2-6H2,1H3,(H2,17,21). The first-order chi connectivity index (χ1) is 21.2. The number of rotatable bonds is 6. The second-order valence-corrected chi connectivity index (χ2v) is 12.4. The molecule has 10 nitrogen and oxygen atoms in total. The Morgan fingerprint density at radius 1 is 0.717 bits per heavy atom. The summed E-state index contributed by atoms with van der Waals surface area (Å²) in [6.07, 6.45) is -8.39. The molecule has 0 unspecified atom stereocenters. The lowest BCUT2D eigenvalue weighted by Gasteiger charge is -2.33. The van der Waals surface area contributed by atoms with Crippen LogP contribution in [-0.4, -0.2) is 104 Å². The SMILES string of the molecule is CN1CCN(c2cc(CC(=O)OC(C)(C)C)c(C(F)(F)F)cn2)CC1.CN1CCN(c2cc(CC(N)=O)c(C(F)(F)F)cn2)CC1. The maximum absolute atomic E-state index is 13.2. The van der Waals surface area contributed by atoms with E-state index in [0.29, 0.717) is 37.8 Å². The lowest BCUT2D eigenvalue weighted by Crippen LogP contribution is -2.44. The largest absolute Gasteiger partial charge is 0.460 e. The number of carbonyl (C=O) groups is 2. The van der Waals surface area contributed by atoms with Gasteiger partial charge in [-0.3, -0.25) is 9.59 Å². The van der Waals surface area contributed by atoms with Crippen LogP contribution in [0.1, 0.15) is 43.0 Å². The van der Waals surface area contributed by atoms with Gasteiger partial charge in [0.2, 0.25) is 5.91 Å². The summed E-state index contributed by atoms with van der Waals surface area (Å²) in [5, 5.41) is 0. The van der Waals surface area contributed by atoms with Gasteiger partial charge in [0.1, 0.15) is 17.2 Å². The number of hydrogen-bond acceptors (Lipinski definition) is 9. The molecule has 256 valence electrons. The fourth-order valence-corrected chi connectivity index (χ4v) is 4.91. The quantitative estimate of drug-likeness (QED) is 0.367. The van der Waals surface area contributed by atoms with Gasteiger partial charge in [0.15, 0.2) is 0 Å². The topological polar surface area (TPSA) is 108 Å². The van der Waals surface area contributed by atoms with Crippen molar-refractivity contribution < 1.29 is 40.7 Å². The maximum atomic E-state index is 13.2. The second-order valence-electron chi connectivity index (χ2n) is 12.4. The van der Waals surface area contributed by atoms with Gasteiger partial charge in [-0.15, -0.1) is 0 Å². The van der Waals surface area contributed by atoms with E-state index in [1.54, 1.807) is 20.8 Å². The Hall–Kier alpha value is -3.66. The van der Waals surface area contributed by atoms with Crippen molar-refractivity contribution in [1.29, 1.82) is 0 Å². The third-order valence-corrected chi connectivity index (χ3v) is 7.34. The molecule has 2 saturated heterocycles. The number of ether oxygens (including phenoxy) is 1. The van der Waals surface area contributed by atoms with Crippen LogP contribution in [0.5, 0.6) is 0 Å². The molecule has 4 rings (SSSR count). The van der Waals surface area contributed by atoms with E-state index in [2.05, 4.69) is 19.8 Å². The molecule has 2 aliphatic rings. The van der Waals surface area contributed by atoms with Crippen LogP contribution in [0.15, 0.2) is 24.5 Å². The van der Waals surface area contributed by atoms with Gasteiger partial charge in [0.05, 0.1) is 24.0 Å². The number of primary amides is 1. The molecule has 46 heavy (non-hydrogen) atoms. The molecule has 2 aliphatic heterocycles. The summed E-state index contributed by atoms with van der Waals surface area (Å²) in [6, 6.07) is 2.68. The van der Waals surface area contributed by atoms with Gasteiger partial charge in [-0.25, -0.2) is 9.97 Å². The predicted molar refractivity (Wildman–Crippen MR) is 160 cm³/mol. The molecular weight excluding hydrogens is 620 g/mol. The molecule has 2 aromatic rings. The monoisotopic (exact) mass is 661 g/mol. The zero-order valence-electron chi connectivity index (χ0n) is 26.6. The van der Waals surface area contributed by atoms with E-state index in [0.717, 1.165) is 38.6 Å². The van der Waals surface area contributed by atoms with Crippen LogP contribution in [0.25, 0.3) is 0 Å². The number of likely N-dealkylation sites (N-methyl/N-ethyl adjacent to an activating group) is 2. The third kappa shape index (κ3) is 11.0. The number of nitrogens with two attached hydrogens (primary N) is 1. The van der Waals surface area contributed by atoms with Crippen LogP contribution in [0, 0.1) is 0 Å². The average Bonchev–Trinajstić information content (AvgIpc) is 2.91. The fourth-order valence-electron chi connectivity index (χ4n) is 4.91. The Morgan fingerprint density at radius 2 is 1.09 bits per heavy atom. The number of amides is 1. The molecule has 0 aromatic carbocycles. The van der Waals surface area contributed by atoms with E-state index in [1.807, 2.05) is 23.9 Å². The summed E-state index contributed by atoms with van der Waals surface area (Å²) >= 11 is 0. The number of carbonyl (C=O) groups excluding carboxylic acids is 2. The first-order valence-corrected chi connectivity index (χ1v) is 14.7. The fraction of sp³-hybridized carbons (Fsp3) is 0.600. The zero-order chi connectivity index (χ0) is 34.4. The molecule has 2 aromatic heterocycles. The minimum atomic E-state index is -4.56. The van der Waals surface area contributed by atoms with Crippen molar-refractivity contribution in [3.8, 4) is 0 Å². The number of aromatic nitrogens is 2. The van der Waals surface area contributed by atoms with Crippen molar-refractivity contribution in [2.75, 3.05) is 76.3 Å². The second kappa shape index (κ2) is 14.8. The third-order valence-electron chi connectivity index (χ3n) is 7.34. The number of pyridine rings is 2. The number of nitrogens with zero attached hydrogens (tertiary/aromatic N) is 6. The molecule has 2 fully saturated rings. The summed E-state index contributed by atoms with van der Waals surface area (Å²) in [6.45, 7) is 11.0. The van der Waals surface area contributed by atoms with Gasteiger partial charge < -0.3 is 30.1 Å². The van der Waals surface area contributed by atoms with Crippen molar-refractivity contribution in [2.24, 2.45) is 5.73 Å². The summed E-state index contributed by atoms with van der Waals surface area (Å²) < 4.78 is 83.6. The first-order valence-electron chi connectivity index (χ1n) is 14.7. The van der Waals surface area contributed by atoms with Gasteiger partial charge in [0.25, 0.3) is 0 Å². The summed E-state index contributed by atoms with van der Waals surface area (Å²) in [5.41, 5.74) is 2.26. The molecular formula is C30H41F6N7O3. The van der Waals surface area contributed by atoms with Crippen molar-refractivity contribution in [3.63, 3.8) is 0 Å². The smallest absolute Gasteiger partial charge is 0.418 e. The highest BCUT2D eigenvalue weighted by molar-refractivity contribution is 5.77. The molecule has 16 heteroatoms. The maximum Gasteiger partial charge on any atom is 0.418 e. The summed E-state index contributed by atoms with van der Waals surface area (Å²) in [7, 11) is 3.97.